The fraction of sp³-hybridized carbons (Fsp3) is 0.357. The van der Waals surface area contributed by atoms with Crippen LogP contribution in [0.25, 0.3) is 11.1 Å². The number of hydrogen-bond acceptors (Lipinski definition) is 2. The number of benzene rings is 1. The molecule has 4 heteroatoms. The van der Waals surface area contributed by atoms with Gasteiger partial charge < -0.3 is 5.32 Å². The normalized spacial score (nSPS) is 19.3. The van der Waals surface area contributed by atoms with Gasteiger partial charge in [0.05, 0.1) is 12.2 Å². The molecule has 1 aliphatic heterocycles. The van der Waals surface area contributed by atoms with E-state index in [2.05, 4.69) is 62.3 Å². The van der Waals surface area contributed by atoms with Gasteiger partial charge in [0.15, 0.2) is 0 Å². The highest BCUT2D eigenvalue weighted by molar-refractivity contribution is 9.10. The lowest BCUT2D eigenvalue weighted by Crippen LogP contribution is -2.13. The second kappa shape index (κ2) is 4.86. The molecule has 0 bridgehead atoms. The summed E-state index contributed by atoms with van der Waals surface area (Å²) < 4.78 is 3.24. The third-order valence-corrected chi connectivity index (χ3v) is 4.39. The smallest absolute Gasteiger partial charge is 0.0655 e. The number of rotatable bonds is 2. The fourth-order valence-corrected chi connectivity index (χ4v) is 2.62. The zero-order chi connectivity index (χ0) is 12.5. The van der Waals surface area contributed by atoms with Gasteiger partial charge in [-0.15, -0.1) is 0 Å². The van der Waals surface area contributed by atoms with Crippen LogP contribution in [0.3, 0.4) is 0 Å². The fourth-order valence-electron chi connectivity index (χ4n) is 2.38. The number of aromatic nitrogens is 2. The number of nitrogens with zero attached hydrogens (tertiary/aromatic N) is 2. The van der Waals surface area contributed by atoms with Crippen molar-refractivity contribution in [2.24, 2.45) is 0 Å². The number of aryl methyl sites for hydroxylation is 1. The third kappa shape index (κ3) is 2.22. The Balaban J connectivity index is 1.89. The van der Waals surface area contributed by atoms with Gasteiger partial charge in [0.25, 0.3) is 0 Å². The van der Waals surface area contributed by atoms with Crippen LogP contribution < -0.4 is 5.32 Å². The first-order chi connectivity index (χ1) is 8.74. The van der Waals surface area contributed by atoms with Crippen LogP contribution in [-0.4, -0.2) is 22.9 Å². The van der Waals surface area contributed by atoms with Crippen LogP contribution >= 0.6 is 15.9 Å². The molecule has 2 aromatic rings. The minimum absolute atomic E-state index is 0.510. The van der Waals surface area contributed by atoms with E-state index in [0.29, 0.717) is 6.04 Å². The molecule has 0 radical (unpaired) electrons. The second-order valence-electron chi connectivity index (χ2n) is 4.82. The zero-order valence-electron chi connectivity index (χ0n) is 10.4. The summed E-state index contributed by atoms with van der Waals surface area (Å²) in [7, 11) is 0. The molecule has 1 unspecified atom stereocenters. The summed E-state index contributed by atoms with van der Waals surface area (Å²) in [6.07, 6.45) is 5.28. The largest absolute Gasteiger partial charge is 0.315 e. The summed E-state index contributed by atoms with van der Waals surface area (Å²) in [5, 5.41) is 7.86. The summed E-state index contributed by atoms with van der Waals surface area (Å²) in [5.74, 6) is 0. The van der Waals surface area contributed by atoms with Crippen molar-refractivity contribution in [1.29, 1.82) is 0 Å². The predicted molar refractivity (Wildman–Crippen MR) is 76.6 cm³/mol. The lowest BCUT2D eigenvalue weighted by atomic mass is 10.1. The molecule has 0 spiro atoms. The van der Waals surface area contributed by atoms with Crippen molar-refractivity contribution in [3.63, 3.8) is 0 Å². The molecule has 0 aliphatic carbocycles. The van der Waals surface area contributed by atoms with E-state index in [1.807, 2.05) is 6.20 Å². The van der Waals surface area contributed by atoms with Crippen LogP contribution in [0.15, 0.2) is 35.1 Å². The van der Waals surface area contributed by atoms with Gasteiger partial charge in [0, 0.05) is 22.8 Å². The van der Waals surface area contributed by atoms with Crippen molar-refractivity contribution in [3.05, 3.63) is 40.6 Å². The molecule has 1 aliphatic rings. The highest BCUT2D eigenvalue weighted by atomic mass is 79.9. The molecule has 2 heterocycles. The maximum atomic E-state index is 4.49. The van der Waals surface area contributed by atoms with Gasteiger partial charge >= 0.3 is 0 Å². The molecule has 1 fully saturated rings. The third-order valence-electron chi connectivity index (χ3n) is 3.50. The first kappa shape index (κ1) is 11.9. The minimum Gasteiger partial charge on any atom is -0.315 e. The van der Waals surface area contributed by atoms with Gasteiger partial charge in [-0.1, -0.05) is 28.1 Å². The molecule has 1 saturated heterocycles. The predicted octanol–water partition coefficient (Wildman–Crippen LogP) is 3.16. The molecule has 18 heavy (non-hydrogen) atoms. The van der Waals surface area contributed by atoms with Crippen molar-refractivity contribution >= 4 is 15.9 Å². The van der Waals surface area contributed by atoms with Crippen molar-refractivity contribution < 1.29 is 0 Å². The van der Waals surface area contributed by atoms with Gasteiger partial charge in [0.1, 0.15) is 0 Å². The van der Waals surface area contributed by atoms with E-state index in [-0.39, 0.29) is 0 Å². The quantitative estimate of drug-likeness (QED) is 0.923. The molecular formula is C14H16BrN3. The van der Waals surface area contributed by atoms with Gasteiger partial charge in [-0.2, -0.15) is 5.10 Å². The Labute approximate surface area is 115 Å². The molecule has 0 amide bonds. The summed E-state index contributed by atoms with van der Waals surface area (Å²) in [4.78, 5) is 0. The lowest BCUT2D eigenvalue weighted by molar-refractivity contribution is 0.491. The van der Waals surface area contributed by atoms with E-state index in [9.17, 15) is 0 Å². The highest BCUT2D eigenvalue weighted by Crippen LogP contribution is 2.26. The molecule has 1 N–H and O–H groups in total. The molecule has 3 nitrogen and oxygen atoms in total. The van der Waals surface area contributed by atoms with E-state index in [0.717, 1.165) is 17.6 Å². The molecule has 3 rings (SSSR count). The number of hydrogen-bond donors (Lipinski definition) is 1. The van der Waals surface area contributed by atoms with Crippen molar-refractivity contribution in [2.75, 3.05) is 13.1 Å². The van der Waals surface area contributed by atoms with Crippen LogP contribution in [-0.2, 0) is 0 Å². The van der Waals surface area contributed by atoms with Crippen LogP contribution in [0.1, 0.15) is 18.0 Å². The van der Waals surface area contributed by atoms with Crippen molar-refractivity contribution in [3.8, 4) is 11.1 Å². The van der Waals surface area contributed by atoms with Crippen LogP contribution in [0, 0.1) is 6.92 Å². The Kier molecular flexibility index (Phi) is 3.22. The van der Waals surface area contributed by atoms with E-state index in [4.69, 9.17) is 0 Å². The Morgan fingerprint density at radius 1 is 1.39 bits per heavy atom. The van der Waals surface area contributed by atoms with Gasteiger partial charge in [-0.05, 0) is 37.1 Å². The van der Waals surface area contributed by atoms with E-state index < -0.39 is 0 Å². The van der Waals surface area contributed by atoms with Gasteiger partial charge in [-0.25, -0.2) is 0 Å². The molecular weight excluding hydrogens is 290 g/mol. The summed E-state index contributed by atoms with van der Waals surface area (Å²) >= 11 is 3.53. The minimum atomic E-state index is 0.510. The van der Waals surface area contributed by atoms with Crippen molar-refractivity contribution in [1.82, 2.24) is 15.1 Å². The standard InChI is InChI=1S/C14H16BrN3/c1-10-6-11(2-3-14(10)15)12-7-17-18(9-12)13-4-5-16-8-13/h2-3,6-7,9,13,16H,4-5,8H2,1H3. The van der Waals surface area contributed by atoms with Crippen LogP contribution in [0.5, 0.6) is 0 Å². The Morgan fingerprint density at radius 3 is 3.00 bits per heavy atom. The first-order valence-corrected chi connectivity index (χ1v) is 7.05. The Bertz CT molecular complexity index is 556. The molecule has 1 aromatic heterocycles. The summed E-state index contributed by atoms with van der Waals surface area (Å²) in [6, 6.07) is 6.93. The van der Waals surface area contributed by atoms with Gasteiger partial charge in [0.2, 0.25) is 0 Å². The van der Waals surface area contributed by atoms with E-state index >= 15 is 0 Å². The molecule has 94 valence electrons. The zero-order valence-corrected chi connectivity index (χ0v) is 11.9. The van der Waals surface area contributed by atoms with Gasteiger partial charge in [-0.3, -0.25) is 4.68 Å². The monoisotopic (exact) mass is 305 g/mol. The van der Waals surface area contributed by atoms with Crippen LogP contribution in [0.4, 0.5) is 0 Å². The number of halogens is 1. The summed E-state index contributed by atoms with van der Waals surface area (Å²) in [6.45, 7) is 4.23. The molecule has 1 atom stereocenters. The van der Waals surface area contributed by atoms with Crippen molar-refractivity contribution in [2.45, 2.75) is 19.4 Å². The maximum Gasteiger partial charge on any atom is 0.0655 e. The SMILES string of the molecule is Cc1cc(-c2cnn(C3CCNC3)c2)ccc1Br. The second-order valence-corrected chi connectivity index (χ2v) is 5.67. The van der Waals surface area contributed by atoms with E-state index in [1.165, 1.54) is 23.1 Å². The molecule has 1 aromatic carbocycles. The van der Waals surface area contributed by atoms with Crippen LogP contribution in [0.2, 0.25) is 0 Å². The molecule has 0 saturated carbocycles. The maximum absolute atomic E-state index is 4.49. The first-order valence-electron chi connectivity index (χ1n) is 6.25. The Hall–Kier alpha value is -1.13. The number of nitrogens with one attached hydrogen (secondary N) is 1. The summed E-state index contributed by atoms with van der Waals surface area (Å²) in [5.41, 5.74) is 3.67. The Morgan fingerprint density at radius 2 is 2.28 bits per heavy atom. The highest BCUT2D eigenvalue weighted by Gasteiger charge is 2.17. The average molecular weight is 306 g/mol. The topological polar surface area (TPSA) is 29.9 Å². The van der Waals surface area contributed by atoms with E-state index in [1.54, 1.807) is 0 Å². The lowest BCUT2D eigenvalue weighted by Gasteiger charge is -2.07. The average Bonchev–Trinajstić information content (AvgIpc) is 3.01.